The van der Waals surface area contributed by atoms with Crippen LogP contribution in [0.5, 0.6) is 0 Å². The maximum absolute atomic E-state index is 3.57. The van der Waals surface area contributed by atoms with E-state index in [-0.39, 0.29) is 0 Å². The smallest absolute Gasteiger partial charge is 0.0491 e. The van der Waals surface area contributed by atoms with Crippen molar-refractivity contribution in [2.45, 2.75) is 19.4 Å². The van der Waals surface area contributed by atoms with Crippen molar-refractivity contribution in [1.29, 1.82) is 0 Å². The second-order valence-electron chi connectivity index (χ2n) is 3.58. The van der Waals surface area contributed by atoms with Crippen LogP contribution < -0.4 is 0 Å². The fraction of sp³-hybridized carbons (Fsp3) is 0.333. The lowest BCUT2D eigenvalue weighted by molar-refractivity contribution is 0.655. The van der Waals surface area contributed by atoms with Gasteiger partial charge in [0.25, 0.3) is 0 Å². The quantitative estimate of drug-likeness (QED) is 0.571. The molecule has 0 bridgehead atoms. The molecule has 15 heavy (non-hydrogen) atoms. The van der Waals surface area contributed by atoms with Crippen LogP contribution in [-0.4, -0.2) is 9.90 Å². The van der Waals surface area contributed by atoms with E-state index in [2.05, 4.69) is 66.9 Å². The first-order chi connectivity index (χ1) is 7.33. The molecule has 0 saturated carbocycles. The van der Waals surface area contributed by atoms with E-state index >= 15 is 0 Å². The Morgan fingerprint density at radius 2 is 2.00 bits per heavy atom. The standard InChI is InChI=1S/C12H13Br2N/c13-7-1-2-8-15-9-6-10-11(14)4-3-5-12(10)15/h3-6,9H,1-2,7-8H2. The molecule has 2 rings (SSSR count). The molecule has 0 amide bonds. The van der Waals surface area contributed by atoms with Crippen molar-refractivity contribution in [2.24, 2.45) is 0 Å². The Bertz CT molecular complexity index is 448. The first-order valence-electron chi connectivity index (χ1n) is 5.12. The number of hydrogen-bond acceptors (Lipinski definition) is 0. The number of aryl methyl sites for hydroxylation is 1. The first-order valence-corrected chi connectivity index (χ1v) is 7.03. The minimum Gasteiger partial charge on any atom is -0.347 e. The highest BCUT2D eigenvalue weighted by Gasteiger charge is 2.02. The minimum atomic E-state index is 1.09. The van der Waals surface area contributed by atoms with Gasteiger partial charge in [-0.3, -0.25) is 0 Å². The van der Waals surface area contributed by atoms with E-state index in [0.717, 1.165) is 11.9 Å². The van der Waals surface area contributed by atoms with Crippen molar-refractivity contribution >= 4 is 42.8 Å². The highest BCUT2D eigenvalue weighted by molar-refractivity contribution is 9.10. The highest BCUT2D eigenvalue weighted by atomic mass is 79.9. The van der Waals surface area contributed by atoms with Crippen LogP contribution in [0.1, 0.15) is 12.8 Å². The van der Waals surface area contributed by atoms with Crippen molar-refractivity contribution < 1.29 is 0 Å². The molecule has 0 radical (unpaired) electrons. The van der Waals surface area contributed by atoms with Crippen LogP contribution in [0, 0.1) is 0 Å². The van der Waals surface area contributed by atoms with Gasteiger partial charge in [-0.2, -0.15) is 0 Å². The van der Waals surface area contributed by atoms with E-state index in [1.54, 1.807) is 0 Å². The summed E-state index contributed by atoms with van der Waals surface area (Å²) in [6.07, 6.45) is 4.62. The van der Waals surface area contributed by atoms with Gasteiger partial charge in [-0.15, -0.1) is 0 Å². The zero-order valence-electron chi connectivity index (χ0n) is 8.42. The van der Waals surface area contributed by atoms with Crippen molar-refractivity contribution in [1.82, 2.24) is 4.57 Å². The van der Waals surface area contributed by atoms with Crippen molar-refractivity contribution in [3.8, 4) is 0 Å². The summed E-state index contributed by atoms with van der Waals surface area (Å²) in [4.78, 5) is 0. The van der Waals surface area contributed by atoms with E-state index in [9.17, 15) is 0 Å². The van der Waals surface area contributed by atoms with Crippen LogP contribution in [0.3, 0.4) is 0 Å². The molecule has 1 aromatic carbocycles. The topological polar surface area (TPSA) is 4.93 Å². The second-order valence-corrected chi connectivity index (χ2v) is 5.23. The molecule has 3 heteroatoms. The second kappa shape index (κ2) is 5.17. The molecular formula is C12H13Br2N. The van der Waals surface area contributed by atoms with Gasteiger partial charge in [0.2, 0.25) is 0 Å². The van der Waals surface area contributed by atoms with Gasteiger partial charge < -0.3 is 4.57 Å². The summed E-state index contributed by atoms with van der Waals surface area (Å²) in [6, 6.07) is 8.53. The van der Waals surface area contributed by atoms with Crippen molar-refractivity contribution in [3.05, 3.63) is 34.9 Å². The van der Waals surface area contributed by atoms with E-state index in [1.807, 2.05) is 0 Å². The summed E-state index contributed by atoms with van der Waals surface area (Å²) in [5.74, 6) is 0. The van der Waals surface area contributed by atoms with E-state index in [1.165, 1.54) is 28.2 Å². The molecule has 0 aliphatic rings. The Morgan fingerprint density at radius 1 is 1.13 bits per heavy atom. The Kier molecular flexibility index (Phi) is 3.87. The van der Waals surface area contributed by atoms with Crippen LogP contribution >= 0.6 is 31.9 Å². The van der Waals surface area contributed by atoms with Crippen molar-refractivity contribution in [3.63, 3.8) is 0 Å². The van der Waals surface area contributed by atoms with Gasteiger partial charge in [0.1, 0.15) is 0 Å². The predicted octanol–water partition coefficient (Wildman–Crippen LogP) is 4.58. The summed E-state index contributed by atoms with van der Waals surface area (Å²) in [7, 11) is 0. The Balaban J connectivity index is 2.25. The van der Waals surface area contributed by atoms with E-state index in [0.29, 0.717) is 0 Å². The number of benzene rings is 1. The van der Waals surface area contributed by atoms with Gasteiger partial charge in [-0.1, -0.05) is 37.9 Å². The van der Waals surface area contributed by atoms with Crippen LogP contribution in [0.4, 0.5) is 0 Å². The molecule has 0 aliphatic heterocycles. The van der Waals surface area contributed by atoms with Crippen LogP contribution in [-0.2, 0) is 6.54 Å². The molecule has 0 fully saturated rings. The monoisotopic (exact) mass is 329 g/mol. The number of hydrogen-bond donors (Lipinski definition) is 0. The number of fused-ring (bicyclic) bond motifs is 1. The maximum atomic E-state index is 3.57. The van der Waals surface area contributed by atoms with Gasteiger partial charge in [-0.05, 0) is 31.0 Å². The third kappa shape index (κ3) is 2.45. The molecule has 1 heterocycles. The lowest BCUT2D eigenvalue weighted by atomic mass is 10.2. The van der Waals surface area contributed by atoms with Gasteiger partial charge in [0.05, 0.1) is 0 Å². The Hall–Kier alpha value is -0.280. The molecule has 1 aromatic heterocycles. The van der Waals surface area contributed by atoms with Crippen molar-refractivity contribution in [2.75, 3.05) is 5.33 Å². The lowest BCUT2D eigenvalue weighted by Crippen LogP contribution is -1.95. The fourth-order valence-electron chi connectivity index (χ4n) is 1.76. The third-order valence-electron chi connectivity index (χ3n) is 2.54. The highest BCUT2D eigenvalue weighted by Crippen LogP contribution is 2.24. The number of nitrogens with zero attached hydrogens (tertiary/aromatic N) is 1. The maximum Gasteiger partial charge on any atom is 0.0491 e. The molecule has 80 valence electrons. The Labute approximate surface area is 107 Å². The summed E-state index contributed by atoms with van der Waals surface area (Å²) in [6.45, 7) is 1.10. The molecule has 0 N–H and O–H groups in total. The molecule has 2 aromatic rings. The van der Waals surface area contributed by atoms with Crippen LogP contribution in [0.2, 0.25) is 0 Å². The molecular weight excluding hydrogens is 318 g/mol. The molecule has 0 aliphatic carbocycles. The molecule has 0 atom stereocenters. The van der Waals surface area contributed by atoms with Crippen LogP contribution in [0.25, 0.3) is 10.9 Å². The first kappa shape index (κ1) is 11.2. The predicted molar refractivity (Wildman–Crippen MR) is 72.7 cm³/mol. The number of aromatic nitrogens is 1. The number of rotatable bonds is 4. The van der Waals surface area contributed by atoms with Gasteiger partial charge in [0, 0.05) is 33.4 Å². The molecule has 0 saturated heterocycles. The zero-order chi connectivity index (χ0) is 10.7. The van der Waals surface area contributed by atoms with Gasteiger partial charge in [0.15, 0.2) is 0 Å². The van der Waals surface area contributed by atoms with Crippen LogP contribution in [0.15, 0.2) is 34.9 Å². The number of alkyl halides is 1. The Morgan fingerprint density at radius 3 is 2.80 bits per heavy atom. The fourth-order valence-corrected chi connectivity index (χ4v) is 2.64. The van der Waals surface area contributed by atoms with E-state index in [4.69, 9.17) is 0 Å². The van der Waals surface area contributed by atoms with Gasteiger partial charge in [-0.25, -0.2) is 0 Å². The summed E-state index contributed by atoms with van der Waals surface area (Å²) >= 11 is 7.03. The van der Waals surface area contributed by atoms with Gasteiger partial charge >= 0.3 is 0 Å². The summed E-state index contributed by atoms with van der Waals surface area (Å²) in [5, 5.41) is 2.40. The summed E-state index contributed by atoms with van der Waals surface area (Å²) < 4.78 is 3.50. The zero-order valence-corrected chi connectivity index (χ0v) is 11.6. The molecule has 1 nitrogen and oxygen atoms in total. The normalized spacial score (nSPS) is 11.1. The molecule has 0 spiro atoms. The minimum absolute atomic E-state index is 1.09. The lowest BCUT2D eigenvalue weighted by Gasteiger charge is -2.04. The average Bonchev–Trinajstić information content (AvgIpc) is 2.64. The number of unbranched alkanes of at least 4 members (excludes halogenated alkanes) is 1. The largest absolute Gasteiger partial charge is 0.347 e. The third-order valence-corrected chi connectivity index (χ3v) is 3.80. The SMILES string of the molecule is BrCCCCn1ccc2c(Br)cccc21. The average molecular weight is 331 g/mol. The summed E-state index contributed by atoms with van der Waals surface area (Å²) in [5.41, 5.74) is 1.32. The number of halogens is 2. The molecule has 0 unspecified atom stereocenters. The van der Waals surface area contributed by atoms with E-state index < -0.39 is 0 Å².